The summed E-state index contributed by atoms with van der Waals surface area (Å²) in [5.41, 5.74) is 1.40. The van der Waals surface area contributed by atoms with Gasteiger partial charge in [0.1, 0.15) is 17.5 Å². The second kappa shape index (κ2) is 11.6. The Morgan fingerprint density at radius 2 is 1.78 bits per heavy atom. The Kier molecular flexibility index (Phi) is 7.71. The second-order valence-electron chi connectivity index (χ2n) is 12.9. The van der Waals surface area contributed by atoms with Gasteiger partial charge in [-0.05, 0) is 78.5 Å². The summed E-state index contributed by atoms with van der Waals surface area (Å²) < 4.78 is 5.86. The maximum Gasteiger partial charge on any atom is 0.326 e. The summed E-state index contributed by atoms with van der Waals surface area (Å²) in [6, 6.07) is 12.3. The average molecular weight is 664 g/mol. The highest BCUT2D eigenvalue weighted by atomic mass is 32.2. The Balaban J connectivity index is 1.17. The first-order valence-electron chi connectivity index (χ1n) is 15.3. The van der Waals surface area contributed by atoms with Crippen LogP contribution >= 0.6 is 23.1 Å². The highest BCUT2D eigenvalue weighted by Crippen LogP contribution is 2.68. The molecule has 2 aliphatic carbocycles. The summed E-state index contributed by atoms with van der Waals surface area (Å²) in [7, 11) is 0. The van der Waals surface area contributed by atoms with Crippen LogP contribution in [0.25, 0.3) is 0 Å². The van der Waals surface area contributed by atoms with Gasteiger partial charge in [0, 0.05) is 21.7 Å². The number of aromatic nitrogens is 1. The van der Waals surface area contributed by atoms with Crippen molar-refractivity contribution >= 4 is 52.5 Å². The molecule has 7 unspecified atom stereocenters. The third-order valence-corrected chi connectivity index (χ3v) is 12.4. The number of nitrogens with zero attached hydrogens (tertiary/aromatic N) is 1. The minimum Gasteiger partial charge on any atom is -0.508 e. The number of hydrogen-bond acceptors (Lipinski definition) is 9. The number of anilines is 1. The number of carbonyl (C=O) groups is 4. The summed E-state index contributed by atoms with van der Waals surface area (Å²) in [5.74, 6) is -3.50. The minimum atomic E-state index is -1.19. The number of aromatic amines is 1. The number of carboxylic acids is 1. The topological polar surface area (TPSA) is 166 Å². The highest BCUT2D eigenvalue weighted by molar-refractivity contribution is 8.00. The van der Waals surface area contributed by atoms with Crippen molar-refractivity contribution in [2.45, 2.75) is 48.9 Å². The molecule has 3 fully saturated rings. The Morgan fingerprint density at radius 3 is 2.48 bits per heavy atom. The Labute approximate surface area is 272 Å². The number of fused-ring (bicyclic) bond motifs is 9. The number of H-pyrrole nitrogens is 1. The number of carbonyl (C=O) groups excluding carboxylic acids is 3. The number of carboxylic acid groups (broad SMARTS) is 1. The van der Waals surface area contributed by atoms with E-state index in [1.165, 1.54) is 12.1 Å². The van der Waals surface area contributed by atoms with Gasteiger partial charge in [-0.25, -0.2) is 4.79 Å². The molecule has 8 atom stereocenters. The van der Waals surface area contributed by atoms with Crippen LogP contribution in [0, 0.1) is 35.5 Å². The molecule has 4 N–H and O–H groups in total. The average Bonchev–Trinajstić information content (AvgIpc) is 3.75. The molecule has 2 aromatic carbocycles. The van der Waals surface area contributed by atoms with E-state index in [1.807, 2.05) is 32.0 Å². The molecule has 1 aromatic heterocycles. The number of phenols is 1. The lowest BCUT2D eigenvalue weighted by Crippen LogP contribution is -2.47. The van der Waals surface area contributed by atoms with Gasteiger partial charge in [0.2, 0.25) is 11.8 Å². The Bertz CT molecular complexity index is 1790. The van der Waals surface area contributed by atoms with Crippen LogP contribution in [0.15, 0.2) is 58.4 Å². The fourth-order valence-corrected chi connectivity index (χ4v) is 11.1. The number of likely N-dealkylation sites (tertiary alicyclic amines) is 1. The molecular formula is C33H33N3O8S2. The lowest BCUT2D eigenvalue weighted by molar-refractivity contribution is -0.156. The molecule has 240 valence electrons. The lowest BCUT2D eigenvalue weighted by Gasteiger charge is -2.43. The van der Waals surface area contributed by atoms with E-state index >= 15 is 0 Å². The number of ether oxygens (including phenoxy) is 1. The van der Waals surface area contributed by atoms with Crippen molar-refractivity contribution < 1.29 is 34.1 Å². The number of rotatable bonds is 9. The van der Waals surface area contributed by atoms with Gasteiger partial charge in [0.15, 0.2) is 6.61 Å². The van der Waals surface area contributed by atoms with E-state index in [-0.39, 0.29) is 76.2 Å². The quantitative estimate of drug-likeness (QED) is 0.195. The van der Waals surface area contributed by atoms with E-state index in [0.717, 1.165) is 31.7 Å². The van der Waals surface area contributed by atoms with Crippen LogP contribution < -0.4 is 14.9 Å². The van der Waals surface area contributed by atoms with Gasteiger partial charge in [-0.2, -0.15) is 0 Å². The zero-order chi connectivity index (χ0) is 32.4. The summed E-state index contributed by atoms with van der Waals surface area (Å²) >= 11 is 2.71. The smallest absolute Gasteiger partial charge is 0.326 e. The third kappa shape index (κ3) is 5.09. The van der Waals surface area contributed by atoms with E-state index < -0.39 is 23.8 Å². The zero-order valence-electron chi connectivity index (χ0n) is 25.0. The number of aromatic hydroxyl groups is 1. The third-order valence-electron chi connectivity index (χ3n) is 9.79. The van der Waals surface area contributed by atoms with Crippen molar-refractivity contribution in [2.24, 2.45) is 35.5 Å². The lowest BCUT2D eigenvalue weighted by atomic mass is 9.68. The van der Waals surface area contributed by atoms with Gasteiger partial charge in [-0.1, -0.05) is 37.3 Å². The molecule has 4 aliphatic rings. The molecule has 0 radical (unpaired) electrons. The van der Waals surface area contributed by atoms with Gasteiger partial charge in [-0.3, -0.25) is 24.1 Å². The van der Waals surface area contributed by atoms with Crippen LogP contribution in [0.4, 0.5) is 5.69 Å². The molecule has 13 heteroatoms. The fourth-order valence-electron chi connectivity index (χ4n) is 8.17. The summed E-state index contributed by atoms with van der Waals surface area (Å²) in [6.07, 6.45) is 0.887. The van der Waals surface area contributed by atoms with Gasteiger partial charge in [-0.15, -0.1) is 11.8 Å². The number of nitrogens with one attached hydrogen (secondary N) is 2. The Morgan fingerprint density at radius 1 is 1.07 bits per heavy atom. The number of thioether (sulfide) groups is 1. The molecule has 46 heavy (non-hydrogen) atoms. The maximum absolute atomic E-state index is 13.9. The molecule has 7 rings (SSSR count). The van der Waals surface area contributed by atoms with Gasteiger partial charge in [0.25, 0.3) is 5.91 Å². The number of phenolic OH excluding ortho intramolecular Hbond substituents is 1. The zero-order valence-corrected chi connectivity index (χ0v) is 26.7. The first kappa shape index (κ1) is 30.5. The molecule has 0 spiro atoms. The van der Waals surface area contributed by atoms with E-state index in [1.54, 1.807) is 30.0 Å². The second-order valence-corrected chi connectivity index (χ2v) is 15.1. The fraction of sp³-hybridized carbons (Fsp3) is 0.424. The molecule has 2 aliphatic heterocycles. The summed E-state index contributed by atoms with van der Waals surface area (Å²) in [4.78, 5) is 69.9. The number of thiazole rings is 1. The molecule has 2 bridgehead atoms. The van der Waals surface area contributed by atoms with Gasteiger partial charge < -0.3 is 25.3 Å². The monoisotopic (exact) mass is 663 g/mol. The normalized spacial score (nSPS) is 28.2. The van der Waals surface area contributed by atoms with Gasteiger partial charge in [0.05, 0.1) is 16.9 Å². The highest BCUT2D eigenvalue weighted by Gasteiger charge is 2.70. The predicted octanol–water partition coefficient (Wildman–Crippen LogP) is 4.13. The van der Waals surface area contributed by atoms with Crippen molar-refractivity contribution in [2.75, 3.05) is 11.9 Å². The summed E-state index contributed by atoms with van der Waals surface area (Å²) in [5, 5.41) is 22.9. The SMILES string of the molecule is CC(C)CC(C(=O)O)N1C(=O)C2C3CC(C2C1=O)C1C3Sc2[nH]c(=O)sc2[C@@H]1c1cccc(OCC(=O)Nc2ccc(O)cc2)c1. The van der Waals surface area contributed by atoms with E-state index in [9.17, 15) is 34.2 Å². The minimum absolute atomic E-state index is 0.0115. The number of benzene rings is 2. The van der Waals surface area contributed by atoms with Crippen LogP contribution in [0.2, 0.25) is 0 Å². The van der Waals surface area contributed by atoms with Crippen LogP contribution in [-0.4, -0.2) is 61.7 Å². The largest absolute Gasteiger partial charge is 0.508 e. The molecular weight excluding hydrogens is 631 g/mol. The molecule has 3 amide bonds. The molecule has 2 saturated carbocycles. The van der Waals surface area contributed by atoms with Crippen LogP contribution in [-0.2, 0) is 19.2 Å². The molecule has 11 nitrogen and oxygen atoms in total. The van der Waals surface area contributed by atoms with Crippen LogP contribution in [0.3, 0.4) is 0 Å². The summed E-state index contributed by atoms with van der Waals surface area (Å²) in [6.45, 7) is 3.50. The van der Waals surface area contributed by atoms with E-state index in [0.29, 0.717) is 17.9 Å². The number of hydrogen-bond donors (Lipinski definition) is 4. The van der Waals surface area contributed by atoms with Crippen molar-refractivity contribution in [3.63, 3.8) is 0 Å². The van der Waals surface area contributed by atoms with Crippen molar-refractivity contribution in [1.82, 2.24) is 9.88 Å². The first-order valence-corrected chi connectivity index (χ1v) is 17.0. The number of imide groups is 1. The van der Waals surface area contributed by atoms with Crippen molar-refractivity contribution in [1.29, 1.82) is 0 Å². The number of amides is 3. The maximum atomic E-state index is 13.9. The predicted molar refractivity (Wildman–Crippen MR) is 170 cm³/mol. The first-order chi connectivity index (χ1) is 22.0. The van der Waals surface area contributed by atoms with E-state index in [2.05, 4.69) is 10.3 Å². The molecule has 3 aromatic rings. The van der Waals surface area contributed by atoms with Gasteiger partial charge >= 0.3 is 10.8 Å². The molecule has 3 heterocycles. The van der Waals surface area contributed by atoms with Crippen LogP contribution in [0.5, 0.6) is 11.5 Å². The Hall–Kier alpha value is -4.10. The molecule has 1 saturated heterocycles. The number of aliphatic carboxylic acids is 1. The van der Waals surface area contributed by atoms with Crippen molar-refractivity contribution in [3.05, 3.63) is 68.6 Å². The van der Waals surface area contributed by atoms with E-state index in [4.69, 9.17) is 4.74 Å². The standard InChI is InChI=1S/C33H33N3O8S2/c1-14(2)10-21(32(41)42)36-30(39)25-19-12-20(26(25)31(36)40)27-24(19)23(28-29(45-27)35-33(43)46-28)15-4-3-5-18(11-15)44-13-22(38)34-16-6-8-17(37)9-7-16/h3-9,11,14,19-21,23-27,37H,10,12-13H2,1-2H3,(H,34,38)(H,35,43)(H,41,42)/t19?,20?,21?,23-,24?,25?,26?,27?/m1/s1. The van der Waals surface area contributed by atoms with Crippen molar-refractivity contribution in [3.8, 4) is 11.5 Å². The van der Waals surface area contributed by atoms with Crippen LogP contribution in [0.1, 0.15) is 43.0 Å².